The molecule has 0 aliphatic carbocycles. The summed E-state index contributed by atoms with van der Waals surface area (Å²) in [6, 6.07) is 7.11. The van der Waals surface area contributed by atoms with Gasteiger partial charge in [0.05, 0.1) is 12.7 Å². The summed E-state index contributed by atoms with van der Waals surface area (Å²) in [6.07, 6.45) is 3.70. The fourth-order valence-corrected chi connectivity index (χ4v) is 2.00. The van der Waals surface area contributed by atoms with Crippen LogP contribution in [0.4, 0.5) is 0 Å². The molecule has 5 heteroatoms. The quantitative estimate of drug-likeness (QED) is 0.343. The molecule has 0 saturated carbocycles. The van der Waals surface area contributed by atoms with E-state index in [0.717, 1.165) is 12.8 Å². The maximum atomic E-state index is 11.9. The van der Waals surface area contributed by atoms with Crippen LogP contribution in [0.5, 0.6) is 11.5 Å². The maximum Gasteiger partial charge on any atom is 0.311 e. The Morgan fingerprint density at radius 2 is 1.58 bits per heavy atom. The van der Waals surface area contributed by atoms with E-state index in [-0.39, 0.29) is 24.5 Å². The van der Waals surface area contributed by atoms with Crippen molar-refractivity contribution in [3.05, 3.63) is 24.3 Å². The molecule has 0 atom stereocenters. The lowest BCUT2D eigenvalue weighted by Gasteiger charge is -2.13. The maximum absolute atomic E-state index is 11.9. The zero-order valence-electron chi connectivity index (χ0n) is 14.9. The molecule has 1 aromatic rings. The number of hydrogen-bond donors (Lipinski definition) is 0. The molecule has 0 radical (unpaired) electrons. The van der Waals surface area contributed by atoms with E-state index in [2.05, 4.69) is 0 Å². The highest BCUT2D eigenvalue weighted by Gasteiger charge is 2.11. The van der Waals surface area contributed by atoms with Gasteiger partial charge < -0.3 is 14.2 Å². The smallest absolute Gasteiger partial charge is 0.311 e. The number of para-hydroxylation sites is 2. The number of esters is 2. The van der Waals surface area contributed by atoms with Gasteiger partial charge in [-0.1, -0.05) is 25.5 Å². The zero-order valence-corrected chi connectivity index (χ0v) is 14.9. The molecule has 24 heavy (non-hydrogen) atoms. The monoisotopic (exact) mass is 336 g/mol. The number of rotatable bonds is 11. The molecule has 5 nitrogen and oxygen atoms in total. The average molecular weight is 336 g/mol. The normalized spacial score (nSPS) is 10.5. The third-order valence-electron chi connectivity index (χ3n) is 3.21. The Kier molecular flexibility index (Phi) is 9.58. The minimum atomic E-state index is -0.325. The van der Waals surface area contributed by atoms with E-state index in [1.54, 1.807) is 18.2 Å². The molecule has 0 fully saturated rings. The van der Waals surface area contributed by atoms with Gasteiger partial charge in [0.1, 0.15) is 0 Å². The molecule has 0 N–H and O–H groups in total. The van der Waals surface area contributed by atoms with Crippen LogP contribution in [0.3, 0.4) is 0 Å². The summed E-state index contributed by atoms with van der Waals surface area (Å²) >= 11 is 0. The molecule has 134 valence electrons. The molecule has 0 aliphatic rings. The van der Waals surface area contributed by atoms with E-state index in [1.807, 2.05) is 26.8 Å². The second kappa shape index (κ2) is 11.5. The Morgan fingerprint density at radius 3 is 2.21 bits per heavy atom. The molecule has 0 spiro atoms. The van der Waals surface area contributed by atoms with Crippen molar-refractivity contribution in [1.82, 2.24) is 0 Å². The first-order valence-corrected chi connectivity index (χ1v) is 8.65. The molecule has 0 amide bonds. The van der Waals surface area contributed by atoms with Gasteiger partial charge in [-0.05, 0) is 45.2 Å². The molecule has 0 saturated heterocycles. The third-order valence-corrected chi connectivity index (χ3v) is 3.21. The number of benzene rings is 1. The van der Waals surface area contributed by atoms with Crippen LogP contribution in [0.1, 0.15) is 59.3 Å². The van der Waals surface area contributed by atoms with E-state index in [0.29, 0.717) is 37.4 Å². The Bertz CT molecular complexity index is 510. The van der Waals surface area contributed by atoms with Gasteiger partial charge in [-0.25, -0.2) is 0 Å². The Hall–Kier alpha value is -2.04. The molecule has 0 unspecified atom stereocenters. The van der Waals surface area contributed by atoms with Crippen LogP contribution < -0.4 is 9.47 Å². The van der Waals surface area contributed by atoms with E-state index in [9.17, 15) is 9.59 Å². The van der Waals surface area contributed by atoms with Gasteiger partial charge in [-0.2, -0.15) is 0 Å². The van der Waals surface area contributed by atoms with Gasteiger partial charge in [0.15, 0.2) is 11.5 Å². The van der Waals surface area contributed by atoms with Crippen molar-refractivity contribution in [3.8, 4) is 11.5 Å². The lowest BCUT2D eigenvalue weighted by Crippen LogP contribution is -2.11. The first-order chi connectivity index (χ1) is 11.5. The van der Waals surface area contributed by atoms with E-state index < -0.39 is 0 Å². The molecular formula is C19H28O5. The van der Waals surface area contributed by atoms with E-state index >= 15 is 0 Å². The largest absolute Gasteiger partial charge is 0.487 e. The lowest BCUT2D eigenvalue weighted by molar-refractivity contribution is -0.144. The summed E-state index contributed by atoms with van der Waals surface area (Å²) < 4.78 is 16.0. The van der Waals surface area contributed by atoms with Crippen LogP contribution in [0, 0.1) is 0 Å². The fourth-order valence-electron chi connectivity index (χ4n) is 2.00. The van der Waals surface area contributed by atoms with Gasteiger partial charge >= 0.3 is 11.9 Å². The highest BCUT2D eigenvalue weighted by atomic mass is 16.6. The predicted molar refractivity (Wildman–Crippen MR) is 92.2 cm³/mol. The van der Waals surface area contributed by atoms with Crippen LogP contribution in [0.25, 0.3) is 0 Å². The van der Waals surface area contributed by atoms with Crippen LogP contribution in [-0.4, -0.2) is 24.6 Å². The summed E-state index contributed by atoms with van der Waals surface area (Å²) in [4.78, 5) is 23.4. The minimum absolute atomic E-state index is 0.00331. The molecular weight excluding hydrogens is 308 g/mol. The van der Waals surface area contributed by atoms with Crippen LogP contribution in [0.2, 0.25) is 0 Å². The van der Waals surface area contributed by atoms with E-state index in [4.69, 9.17) is 14.2 Å². The predicted octanol–water partition coefficient (Wildman–Crippen LogP) is 4.28. The van der Waals surface area contributed by atoms with Crippen molar-refractivity contribution >= 4 is 11.9 Å². The fraction of sp³-hybridized carbons (Fsp3) is 0.579. The zero-order chi connectivity index (χ0) is 17.8. The number of hydrogen-bond acceptors (Lipinski definition) is 5. The lowest BCUT2D eigenvalue weighted by atomic mass is 10.2. The summed E-state index contributed by atoms with van der Waals surface area (Å²) in [6.45, 7) is 6.35. The topological polar surface area (TPSA) is 61.8 Å². The third kappa shape index (κ3) is 8.56. The Labute approximate surface area is 144 Å². The van der Waals surface area contributed by atoms with Gasteiger partial charge in [-0.3, -0.25) is 9.59 Å². The summed E-state index contributed by atoms with van der Waals surface area (Å²) in [5, 5.41) is 0. The average Bonchev–Trinajstić information content (AvgIpc) is 2.53. The first-order valence-electron chi connectivity index (χ1n) is 8.65. The number of carbonyl (C=O) groups is 2. The van der Waals surface area contributed by atoms with Crippen LogP contribution in [-0.2, 0) is 14.3 Å². The van der Waals surface area contributed by atoms with Gasteiger partial charge in [-0.15, -0.1) is 0 Å². The van der Waals surface area contributed by atoms with Crippen molar-refractivity contribution < 1.29 is 23.8 Å². The molecule has 0 aromatic heterocycles. The summed E-state index contributed by atoms with van der Waals surface area (Å²) in [5.41, 5.74) is 0. The van der Waals surface area contributed by atoms with E-state index in [1.165, 1.54) is 0 Å². The van der Waals surface area contributed by atoms with Gasteiger partial charge in [0, 0.05) is 12.8 Å². The molecule has 0 heterocycles. The number of unbranched alkanes of at least 4 members (excludes halogenated alkanes) is 2. The van der Waals surface area contributed by atoms with Gasteiger partial charge in [0.2, 0.25) is 0 Å². The molecule has 0 bridgehead atoms. The van der Waals surface area contributed by atoms with Crippen molar-refractivity contribution in [1.29, 1.82) is 0 Å². The van der Waals surface area contributed by atoms with Crippen molar-refractivity contribution in [2.75, 3.05) is 6.61 Å². The highest BCUT2D eigenvalue weighted by Crippen LogP contribution is 2.27. The number of carbonyl (C=O) groups excluding carboxylic acids is 2. The van der Waals surface area contributed by atoms with Crippen molar-refractivity contribution in [3.63, 3.8) is 0 Å². The standard InChI is InChI=1S/C19H28O5/c1-4-5-14-22-18(20)12-8-9-13-19(21)24-17-11-7-6-10-16(17)23-15(2)3/h6-7,10-11,15H,4-5,8-9,12-14H2,1-3H3. The molecule has 0 aliphatic heterocycles. The van der Waals surface area contributed by atoms with Crippen LogP contribution in [0.15, 0.2) is 24.3 Å². The van der Waals surface area contributed by atoms with Crippen LogP contribution >= 0.6 is 0 Å². The summed E-state index contributed by atoms with van der Waals surface area (Å²) in [5.74, 6) is 0.456. The molecule has 1 rings (SSSR count). The molecule has 1 aromatic carbocycles. The number of ether oxygens (including phenoxy) is 3. The summed E-state index contributed by atoms with van der Waals surface area (Å²) in [7, 11) is 0. The highest BCUT2D eigenvalue weighted by molar-refractivity contribution is 5.73. The minimum Gasteiger partial charge on any atom is -0.487 e. The second-order valence-corrected chi connectivity index (χ2v) is 5.87. The first kappa shape index (κ1) is 20.0. The van der Waals surface area contributed by atoms with Gasteiger partial charge in [0.25, 0.3) is 0 Å². The Balaban J connectivity index is 2.28. The van der Waals surface area contributed by atoms with Crippen molar-refractivity contribution in [2.45, 2.75) is 65.4 Å². The second-order valence-electron chi connectivity index (χ2n) is 5.87. The SMILES string of the molecule is CCCCOC(=O)CCCCC(=O)Oc1ccccc1OC(C)C. The van der Waals surface area contributed by atoms with Crippen molar-refractivity contribution in [2.24, 2.45) is 0 Å². The Morgan fingerprint density at radius 1 is 0.958 bits per heavy atom.